The maximum Gasteiger partial charge on any atom is 0.225 e. The van der Waals surface area contributed by atoms with Gasteiger partial charge in [0.2, 0.25) is 5.91 Å². The lowest BCUT2D eigenvalue weighted by Crippen LogP contribution is -2.50. The van der Waals surface area contributed by atoms with Crippen LogP contribution in [0.15, 0.2) is 0 Å². The molecule has 0 aromatic rings. The van der Waals surface area contributed by atoms with Crippen LogP contribution in [0.2, 0.25) is 0 Å². The summed E-state index contributed by atoms with van der Waals surface area (Å²) in [6.45, 7) is 9.37. The third-order valence-electron chi connectivity index (χ3n) is 2.97. The number of hydrogen-bond donors (Lipinski definition) is 1. The van der Waals surface area contributed by atoms with Crippen molar-refractivity contribution in [2.45, 2.75) is 13.8 Å². The zero-order valence-corrected chi connectivity index (χ0v) is 10.9. The van der Waals surface area contributed by atoms with Crippen LogP contribution in [0, 0.1) is 5.92 Å². The number of nitrogens with zero attached hydrogens (tertiary/aromatic N) is 2. The van der Waals surface area contributed by atoms with Gasteiger partial charge in [-0.25, -0.2) is 0 Å². The summed E-state index contributed by atoms with van der Waals surface area (Å²) in [4.78, 5) is 16.0. The zero-order valence-electron chi connectivity index (χ0n) is 10.9. The average Bonchev–Trinajstić information content (AvgIpc) is 2.34. The molecular formula is C12H24N2O3. The lowest BCUT2D eigenvalue weighted by atomic mass is 10.1. The standard InChI is InChI=1S/C12H24N2O3/c1-11(2)12(16)14-5-3-13(4-6-14)7-9-17-10-8-15/h11,15H,3-10H2,1-2H3. The van der Waals surface area contributed by atoms with E-state index in [9.17, 15) is 4.79 Å². The van der Waals surface area contributed by atoms with Crippen molar-refractivity contribution in [3.05, 3.63) is 0 Å². The first kappa shape index (κ1) is 14.4. The number of aliphatic hydroxyl groups excluding tert-OH is 1. The molecular weight excluding hydrogens is 220 g/mol. The van der Waals surface area contributed by atoms with Gasteiger partial charge in [-0.15, -0.1) is 0 Å². The van der Waals surface area contributed by atoms with Crippen LogP contribution in [0.3, 0.4) is 0 Å². The van der Waals surface area contributed by atoms with Crippen molar-refractivity contribution >= 4 is 5.91 Å². The van der Waals surface area contributed by atoms with Gasteiger partial charge in [0.15, 0.2) is 0 Å². The average molecular weight is 244 g/mol. The van der Waals surface area contributed by atoms with Crippen molar-refractivity contribution < 1.29 is 14.6 Å². The lowest BCUT2D eigenvalue weighted by Gasteiger charge is -2.35. The quantitative estimate of drug-likeness (QED) is 0.657. The maximum absolute atomic E-state index is 11.8. The summed E-state index contributed by atoms with van der Waals surface area (Å²) < 4.78 is 5.23. The molecule has 0 atom stereocenters. The summed E-state index contributed by atoms with van der Waals surface area (Å²) in [6, 6.07) is 0. The number of rotatable bonds is 6. The van der Waals surface area contributed by atoms with E-state index in [1.165, 1.54) is 0 Å². The van der Waals surface area contributed by atoms with Crippen molar-refractivity contribution in [2.24, 2.45) is 5.92 Å². The first-order chi connectivity index (χ1) is 8.15. The molecule has 1 fully saturated rings. The van der Waals surface area contributed by atoms with Gasteiger partial charge in [0, 0.05) is 38.6 Å². The Morgan fingerprint density at radius 3 is 2.41 bits per heavy atom. The van der Waals surface area contributed by atoms with E-state index in [4.69, 9.17) is 9.84 Å². The van der Waals surface area contributed by atoms with Crippen LogP contribution in [0.4, 0.5) is 0 Å². The molecule has 1 N–H and O–H groups in total. The number of amides is 1. The second-order valence-electron chi connectivity index (χ2n) is 4.66. The molecule has 0 aromatic heterocycles. The Balaban J connectivity index is 2.15. The van der Waals surface area contributed by atoms with E-state index in [0.717, 1.165) is 32.7 Å². The maximum atomic E-state index is 11.8. The monoisotopic (exact) mass is 244 g/mol. The van der Waals surface area contributed by atoms with Crippen LogP contribution in [-0.4, -0.2) is 73.4 Å². The number of aliphatic hydroxyl groups is 1. The Kier molecular flexibility index (Phi) is 6.47. The Bertz CT molecular complexity index is 226. The van der Waals surface area contributed by atoms with Gasteiger partial charge in [0.25, 0.3) is 0 Å². The number of hydrogen-bond acceptors (Lipinski definition) is 4. The predicted octanol–water partition coefficient (Wildman–Crippen LogP) is -0.204. The van der Waals surface area contributed by atoms with Crippen LogP contribution < -0.4 is 0 Å². The highest BCUT2D eigenvalue weighted by atomic mass is 16.5. The van der Waals surface area contributed by atoms with Crippen molar-refractivity contribution in [3.8, 4) is 0 Å². The van der Waals surface area contributed by atoms with Gasteiger partial charge in [-0.2, -0.15) is 0 Å². The van der Waals surface area contributed by atoms with Crippen LogP contribution in [0.5, 0.6) is 0 Å². The second-order valence-corrected chi connectivity index (χ2v) is 4.66. The Morgan fingerprint density at radius 1 is 1.24 bits per heavy atom. The van der Waals surface area contributed by atoms with Crippen LogP contribution >= 0.6 is 0 Å². The number of piperazine rings is 1. The molecule has 1 amide bonds. The molecule has 1 saturated heterocycles. The summed E-state index contributed by atoms with van der Waals surface area (Å²) in [5, 5.41) is 8.57. The van der Waals surface area contributed by atoms with Crippen molar-refractivity contribution in [1.82, 2.24) is 9.80 Å². The largest absolute Gasteiger partial charge is 0.394 e. The van der Waals surface area contributed by atoms with Crippen LogP contribution in [0.25, 0.3) is 0 Å². The van der Waals surface area contributed by atoms with E-state index in [0.29, 0.717) is 13.2 Å². The third-order valence-corrected chi connectivity index (χ3v) is 2.97. The number of carbonyl (C=O) groups excluding carboxylic acids is 1. The number of ether oxygens (including phenoxy) is 1. The first-order valence-corrected chi connectivity index (χ1v) is 6.35. The minimum Gasteiger partial charge on any atom is -0.394 e. The fourth-order valence-corrected chi connectivity index (χ4v) is 1.92. The SMILES string of the molecule is CC(C)C(=O)N1CCN(CCOCCO)CC1. The summed E-state index contributed by atoms with van der Waals surface area (Å²) >= 11 is 0. The lowest BCUT2D eigenvalue weighted by molar-refractivity contribution is -0.136. The van der Waals surface area contributed by atoms with Crippen molar-refractivity contribution in [1.29, 1.82) is 0 Å². The highest BCUT2D eigenvalue weighted by molar-refractivity contribution is 5.78. The molecule has 0 spiro atoms. The summed E-state index contributed by atoms with van der Waals surface area (Å²) in [7, 11) is 0. The molecule has 1 aliphatic rings. The topological polar surface area (TPSA) is 53.0 Å². The Morgan fingerprint density at radius 2 is 1.88 bits per heavy atom. The van der Waals surface area contributed by atoms with E-state index in [-0.39, 0.29) is 18.4 Å². The molecule has 5 heteroatoms. The highest BCUT2D eigenvalue weighted by Crippen LogP contribution is 2.06. The molecule has 0 aliphatic carbocycles. The predicted molar refractivity (Wildman–Crippen MR) is 65.8 cm³/mol. The van der Waals surface area contributed by atoms with Crippen LogP contribution in [0.1, 0.15) is 13.8 Å². The Hall–Kier alpha value is -0.650. The van der Waals surface area contributed by atoms with Gasteiger partial charge in [-0.3, -0.25) is 9.69 Å². The van der Waals surface area contributed by atoms with Gasteiger partial charge in [0.05, 0.1) is 19.8 Å². The van der Waals surface area contributed by atoms with E-state index >= 15 is 0 Å². The molecule has 0 aromatic carbocycles. The normalized spacial score (nSPS) is 17.8. The fraction of sp³-hybridized carbons (Fsp3) is 0.917. The zero-order chi connectivity index (χ0) is 12.7. The molecule has 1 rings (SSSR count). The molecule has 17 heavy (non-hydrogen) atoms. The van der Waals surface area contributed by atoms with Crippen LogP contribution in [-0.2, 0) is 9.53 Å². The molecule has 0 radical (unpaired) electrons. The van der Waals surface area contributed by atoms with Gasteiger partial charge >= 0.3 is 0 Å². The first-order valence-electron chi connectivity index (χ1n) is 6.35. The van der Waals surface area contributed by atoms with Crippen molar-refractivity contribution in [2.75, 3.05) is 52.5 Å². The number of carbonyl (C=O) groups is 1. The molecule has 1 aliphatic heterocycles. The second kappa shape index (κ2) is 7.63. The van der Waals surface area contributed by atoms with E-state index in [1.807, 2.05) is 18.7 Å². The fourth-order valence-electron chi connectivity index (χ4n) is 1.92. The summed E-state index contributed by atoms with van der Waals surface area (Å²) in [5.74, 6) is 0.343. The minimum absolute atomic E-state index is 0.0800. The molecule has 1 heterocycles. The van der Waals surface area contributed by atoms with Gasteiger partial charge in [-0.05, 0) is 0 Å². The smallest absolute Gasteiger partial charge is 0.225 e. The summed E-state index contributed by atoms with van der Waals surface area (Å²) in [5.41, 5.74) is 0. The molecule has 0 unspecified atom stereocenters. The van der Waals surface area contributed by atoms with Crippen molar-refractivity contribution in [3.63, 3.8) is 0 Å². The third kappa shape index (κ3) is 5.02. The van der Waals surface area contributed by atoms with Gasteiger partial charge in [-0.1, -0.05) is 13.8 Å². The highest BCUT2D eigenvalue weighted by Gasteiger charge is 2.22. The summed E-state index contributed by atoms with van der Waals surface area (Å²) in [6.07, 6.45) is 0. The minimum atomic E-state index is 0.0800. The molecule has 5 nitrogen and oxygen atoms in total. The molecule has 0 bridgehead atoms. The van der Waals surface area contributed by atoms with Gasteiger partial charge < -0.3 is 14.7 Å². The van der Waals surface area contributed by atoms with Gasteiger partial charge in [0.1, 0.15) is 0 Å². The van der Waals surface area contributed by atoms with E-state index < -0.39 is 0 Å². The Labute approximate surface area is 103 Å². The molecule has 0 saturated carbocycles. The molecule has 100 valence electrons. The van der Waals surface area contributed by atoms with E-state index in [2.05, 4.69) is 4.90 Å². The van der Waals surface area contributed by atoms with E-state index in [1.54, 1.807) is 0 Å².